The van der Waals surface area contributed by atoms with Gasteiger partial charge in [0, 0.05) is 22.8 Å². The minimum Gasteiger partial charge on any atom is -0.508 e. The average molecular weight is 404 g/mol. The van der Waals surface area contributed by atoms with Gasteiger partial charge in [-0.15, -0.1) is 0 Å². The molecule has 0 radical (unpaired) electrons. The van der Waals surface area contributed by atoms with E-state index in [9.17, 15) is 19.8 Å². The first-order valence-electron chi connectivity index (χ1n) is 9.09. The Morgan fingerprint density at radius 1 is 1.18 bits per heavy atom. The molecule has 8 heteroatoms. The van der Waals surface area contributed by atoms with E-state index in [0.717, 1.165) is 0 Å². The fourth-order valence-electron chi connectivity index (χ4n) is 3.33. The van der Waals surface area contributed by atoms with Crippen LogP contribution in [-0.2, 0) is 11.2 Å². The van der Waals surface area contributed by atoms with Gasteiger partial charge in [0.15, 0.2) is 0 Å². The van der Waals surface area contributed by atoms with Gasteiger partial charge in [0.1, 0.15) is 11.4 Å². The molecule has 0 aliphatic heterocycles. The molecule has 3 unspecified atom stereocenters. The van der Waals surface area contributed by atoms with Crippen molar-refractivity contribution in [2.24, 2.45) is 0 Å². The zero-order chi connectivity index (χ0) is 20.1. The summed E-state index contributed by atoms with van der Waals surface area (Å²) in [7, 11) is 0. The molecule has 1 saturated carbocycles. The topological polar surface area (TPSA) is 112 Å². The van der Waals surface area contributed by atoms with Crippen molar-refractivity contribution >= 4 is 23.4 Å². The zero-order valence-corrected chi connectivity index (χ0v) is 15.9. The molecule has 0 spiro atoms. The molecule has 2 aromatic rings. The first-order valence-corrected chi connectivity index (χ1v) is 9.47. The number of nitrogens with zero attached hydrogens (tertiary/aromatic N) is 1. The number of carbonyl (C=O) groups is 2. The number of phenols is 1. The molecular weight excluding hydrogens is 382 g/mol. The van der Waals surface area contributed by atoms with Crippen LogP contribution in [0.5, 0.6) is 5.75 Å². The van der Waals surface area contributed by atoms with Gasteiger partial charge in [-0.2, -0.15) is 0 Å². The van der Waals surface area contributed by atoms with E-state index in [1.807, 2.05) is 0 Å². The lowest BCUT2D eigenvalue weighted by Crippen LogP contribution is -2.51. The molecule has 3 atom stereocenters. The second kappa shape index (κ2) is 9.03. The summed E-state index contributed by atoms with van der Waals surface area (Å²) in [5.74, 6) is -0.588. The van der Waals surface area contributed by atoms with E-state index in [-0.39, 0.29) is 30.0 Å². The number of benzene rings is 1. The largest absolute Gasteiger partial charge is 0.508 e. The normalized spacial score (nSPS) is 21.7. The maximum atomic E-state index is 12.3. The van der Waals surface area contributed by atoms with Gasteiger partial charge in [-0.3, -0.25) is 14.6 Å². The minimum atomic E-state index is -0.778. The number of nitrogens with one attached hydrogen (secondary N) is 2. The van der Waals surface area contributed by atoms with Gasteiger partial charge >= 0.3 is 0 Å². The van der Waals surface area contributed by atoms with Crippen LogP contribution >= 0.6 is 11.6 Å². The van der Waals surface area contributed by atoms with Gasteiger partial charge in [-0.1, -0.05) is 17.7 Å². The number of rotatable bonds is 5. The third-order valence-corrected chi connectivity index (χ3v) is 5.02. The molecule has 28 heavy (non-hydrogen) atoms. The highest BCUT2D eigenvalue weighted by atomic mass is 35.5. The molecule has 7 nitrogen and oxygen atoms in total. The summed E-state index contributed by atoms with van der Waals surface area (Å²) >= 11 is 5.90. The summed E-state index contributed by atoms with van der Waals surface area (Å²) in [6.07, 6.45) is 2.24. The minimum absolute atomic E-state index is 0.000963. The fourth-order valence-corrected chi connectivity index (χ4v) is 3.52. The Kier molecular flexibility index (Phi) is 6.49. The maximum absolute atomic E-state index is 12.3. The van der Waals surface area contributed by atoms with Crippen molar-refractivity contribution in [3.63, 3.8) is 0 Å². The van der Waals surface area contributed by atoms with Crippen LogP contribution in [0, 0.1) is 0 Å². The lowest BCUT2D eigenvalue weighted by Gasteiger charge is -2.34. The molecule has 1 heterocycles. The first kappa shape index (κ1) is 20.1. The number of pyridine rings is 1. The van der Waals surface area contributed by atoms with E-state index in [1.54, 1.807) is 30.5 Å². The van der Waals surface area contributed by atoms with Crippen LogP contribution in [0.25, 0.3) is 0 Å². The van der Waals surface area contributed by atoms with Crippen LogP contribution in [0.4, 0.5) is 0 Å². The highest BCUT2D eigenvalue weighted by molar-refractivity contribution is 6.30. The second-order valence-electron chi connectivity index (χ2n) is 6.89. The van der Waals surface area contributed by atoms with Crippen molar-refractivity contribution in [3.05, 3.63) is 58.9 Å². The molecule has 1 fully saturated rings. The van der Waals surface area contributed by atoms with E-state index in [2.05, 4.69) is 15.6 Å². The van der Waals surface area contributed by atoms with Gasteiger partial charge in [0.25, 0.3) is 5.91 Å². The molecule has 2 amide bonds. The Balaban J connectivity index is 1.50. The fraction of sp³-hybridized carbons (Fsp3) is 0.350. The highest BCUT2D eigenvalue weighted by Crippen LogP contribution is 2.23. The number of hydrogen-bond donors (Lipinski definition) is 4. The molecule has 148 valence electrons. The highest BCUT2D eigenvalue weighted by Gasteiger charge is 2.31. The van der Waals surface area contributed by atoms with Gasteiger partial charge in [0.05, 0.1) is 18.6 Å². The van der Waals surface area contributed by atoms with Crippen LogP contribution in [0.1, 0.15) is 35.3 Å². The Morgan fingerprint density at radius 2 is 2.00 bits per heavy atom. The van der Waals surface area contributed by atoms with Crippen molar-refractivity contribution < 1.29 is 19.8 Å². The molecule has 3 rings (SSSR count). The second-order valence-corrected chi connectivity index (χ2v) is 7.33. The number of carbonyl (C=O) groups excluding carboxylic acids is 2. The van der Waals surface area contributed by atoms with Crippen LogP contribution in [0.3, 0.4) is 0 Å². The van der Waals surface area contributed by atoms with Gasteiger partial charge in [-0.25, -0.2) is 0 Å². The standard InChI is InChI=1S/C20H22ClN3O4/c21-13-4-7-17(25)12(9-13)10-19(27)24-15-6-5-14(11-18(15)26)23-20(28)16-3-1-2-8-22-16/h1-4,7-9,14-15,18,25-26H,5-6,10-11H2,(H,23,28)(H,24,27). The molecule has 0 saturated heterocycles. The Hall–Kier alpha value is -2.64. The lowest BCUT2D eigenvalue weighted by atomic mass is 9.88. The summed E-state index contributed by atoms with van der Waals surface area (Å²) in [5, 5.41) is 26.3. The number of hydrogen-bond acceptors (Lipinski definition) is 5. The third-order valence-electron chi connectivity index (χ3n) is 4.79. The number of amides is 2. The van der Waals surface area contributed by atoms with Crippen LogP contribution < -0.4 is 10.6 Å². The summed E-state index contributed by atoms with van der Waals surface area (Å²) in [5.41, 5.74) is 0.754. The predicted octanol–water partition coefficient (Wildman–Crippen LogP) is 1.81. The van der Waals surface area contributed by atoms with Gasteiger partial charge in [0.2, 0.25) is 5.91 Å². The van der Waals surface area contributed by atoms with Crippen LogP contribution in [0.2, 0.25) is 5.02 Å². The van der Waals surface area contributed by atoms with E-state index in [1.165, 1.54) is 12.1 Å². The smallest absolute Gasteiger partial charge is 0.270 e. The van der Waals surface area contributed by atoms with Crippen molar-refractivity contribution in [3.8, 4) is 5.75 Å². The number of halogens is 1. The van der Waals surface area contributed by atoms with E-state index < -0.39 is 12.1 Å². The quantitative estimate of drug-likeness (QED) is 0.608. The predicted molar refractivity (Wildman–Crippen MR) is 104 cm³/mol. The summed E-state index contributed by atoms with van der Waals surface area (Å²) < 4.78 is 0. The third kappa shape index (κ3) is 5.21. The van der Waals surface area contributed by atoms with E-state index >= 15 is 0 Å². The monoisotopic (exact) mass is 403 g/mol. The number of aromatic hydroxyl groups is 1. The van der Waals surface area contributed by atoms with Gasteiger partial charge in [-0.05, 0) is 49.6 Å². The summed E-state index contributed by atoms with van der Waals surface area (Å²) in [6, 6.07) is 9.03. The van der Waals surface area contributed by atoms with Crippen molar-refractivity contribution in [2.45, 2.75) is 43.9 Å². The van der Waals surface area contributed by atoms with Crippen LogP contribution in [-0.4, -0.2) is 45.2 Å². The Morgan fingerprint density at radius 3 is 2.71 bits per heavy atom. The molecule has 1 aromatic heterocycles. The Bertz CT molecular complexity index is 847. The number of aliphatic hydroxyl groups is 1. The van der Waals surface area contributed by atoms with E-state index in [4.69, 9.17) is 11.6 Å². The molecule has 1 aliphatic rings. The number of aromatic nitrogens is 1. The Labute approximate surface area is 167 Å². The van der Waals surface area contributed by atoms with E-state index in [0.29, 0.717) is 35.5 Å². The van der Waals surface area contributed by atoms with Crippen molar-refractivity contribution in [1.29, 1.82) is 0 Å². The molecular formula is C20H22ClN3O4. The average Bonchev–Trinajstić information content (AvgIpc) is 2.67. The SMILES string of the molecule is O=C(Cc1cc(Cl)ccc1O)NC1CCC(NC(=O)c2ccccn2)CC1O. The summed E-state index contributed by atoms with van der Waals surface area (Å²) in [6.45, 7) is 0. The van der Waals surface area contributed by atoms with Crippen molar-refractivity contribution in [1.82, 2.24) is 15.6 Å². The number of aliphatic hydroxyl groups excluding tert-OH is 1. The molecule has 1 aromatic carbocycles. The zero-order valence-electron chi connectivity index (χ0n) is 15.1. The number of phenolic OH excluding ortho intramolecular Hbond substituents is 1. The van der Waals surface area contributed by atoms with Crippen LogP contribution in [0.15, 0.2) is 42.6 Å². The summed E-state index contributed by atoms with van der Waals surface area (Å²) in [4.78, 5) is 28.5. The molecule has 1 aliphatic carbocycles. The van der Waals surface area contributed by atoms with Crippen molar-refractivity contribution in [2.75, 3.05) is 0 Å². The maximum Gasteiger partial charge on any atom is 0.270 e. The van der Waals surface area contributed by atoms with Gasteiger partial charge < -0.3 is 20.8 Å². The first-order chi connectivity index (χ1) is 13.4. The lowest BCUT2D eigenvalue weighted by molar-refractivity contribution is -0.122. The molecule has 0 bridgehead atoms. The molecule has 4 N–H and O–H groups in total.